The number of piperidine rings is 1. The molecule has 0 atom stereocenters. The zero-order valence-corrected chi connectivity index (χ0v) is 22.3. The first kappa shape index (κ1) is 26.0. The van der Waals surface area contributed by atoms with Crippen LogP contribution in [0.25, 0.3) is 11.1 Å². The molecule has 3 aromatic carbocycles. The van der Waals surface area contributed by atoms with Crippen LogP contribution < -0.4 is 10.1 Å². The lowest BCUT2D eigenvalue weighted by atomic mass is 9.88. The number of carbonyl (C=O) groups excluding carboxylic acids is 2. The molecule has 0 spiro atoms. The lowest BCUT2D eigenvalue weighted by Gasteiger charge is -2.32. The number of aryl methyl sites for hydroxylation is 2. The van der Waals surface area contributed by atoms with Gasteiger partial charge in [0, 0.05) is 48.7 Å². The van der Waals surface area contributed by atoms with Gasteiger partial charge in [-0.15, -0.1) is 0 Å². The molecule has 0 saturated carbocycles. The number of likely N-dealkylation sites (tertiary alicyclic amines) is 1. The molecule has 0 aliphatic carbocycles. The number of amides is 2. The van der Waals surface area contributed by atoms with Crippen molar-refractivity contribution in [2.75, 3.05) is 25.5 Å². The molecule has 1 saturated heterocycles. The maximum Gasteiger partial charge on any atom is 0.255 e. The number of rotatable bonds is 6. The smallest absolute Gasteiger partial charge is 0.255 e. The third-order valence-electron chi connectivity index (χ3n) is 7.38. The molecular formula is C31H32N4O4. The molecule has 4 aromatic rings. The van der Waals surface area contributed by atoms with Crippen molar-refractivity contribution < 1.29 is 19.4 Å². The second-order valence-corrected chi connectivity index (χ2v) is 9.96. The Bertz CT molecular complexity index is 1500. The van der Waals surface area contributed by atoms with Crippen molar-refractivity contribution in [2.45, 2.75) is 25.7 Å². The molecule has 0 bridgehead atoms. The van der Waals surface area contributed by atoms with Crippen LogP contribution in [0.4, 0.5) is 5.69 Å². The fourth-order valence-corrected chi connectivity index (χ4v) is 5.03. The van der Waals surface area contributed by atoms with Gasteiger partial charge in [-0.1, -0.05) is 30.3 Å². The summed E-state index contributed by atoms with van der Waals surface area (Å²) in [6.45, 7) is 3.23. The van der Waals surface area contributed by atoms with E-state index in [4.69, 9.17) is 4.74 Å². The summed E-state index contributed by atoms with van der Waals surface area (Å²) in [4.78, 5) is 28.0. The number of nitrogens with one attached hydrogen (secondary N) is 1. The quantitative estimate of drug-likeness (QED) is 0.353. The minimum absolute atomic E-state index is 0.0435. The summed E-state index contributed by atoms with van der Waals surface area (Å²) in [5.41, 5.74) is 5.76. The third-order valence-corrected chi connectivity index (χ3v) is 7.38. The van der Waals surface area contributed by atoms with Gasteiger partial charge in [0.05, 0.1) is 13.3 Å². The van der Waals surface area contributed by atoms with Gasteiger partial charge >= 0.3 is 0 Å². The molecule has 8 nitrogen and oxygen atoms in total. The van der Waals surface area contributed by atoms with Crippen molar-refractivity contribution in [3.63, 3.8) is 0 Å². The highest BCUT2D eigenvalue weighted by molar-refractivity contribution is 6.06. The largest absolute Gasteiger partial charge is 0.504 e. The van der Waals surface area contributed by atoms with Gasteiger partial charge in [-0.05, 0) is 72.7 Å². The summed E-state index contributed by atoms with van der Waals surface area (Å²) in [5.74, 6) is 0.166. The van der Waals surface area contributed by atoms with Crippen LogP contribution in [-0.4, -0.2) is 51.8 Å². The number of carbonyl (C=O) groups is 2. The zero-order valence-electron chi connectivity index (χ0n) is 22.3. The van der Waals surface area contributed by atoms with E-state index < -0.39 is 0 Å². The third kappa shape index (κ3) is 5.65. The van der Waals surface area contributed by atoms with Gasteiger partial charge in [-0.2, -0.15) is 5.10 Å². The van der Waals surface area contributed by atoms with E-state index >= 15 is 0 Å². The Morgan fingerprint density at radius 2 is 1.69 bits per heavy atom. The van der Waals surface area contributed by atoms with Crippen LogP contribution in [0.2, 0.25) is 0 Å². The molecule has 2 amide bonds. The lowest BCUT2D eigenvalue weighted by molar-refractivity contribution is 0.0712. The van der Waals surface area contributed by atoms with Crippen molar-refractivity contribution in [3.05, 3.63) is 95.3 Å². The van der Waals surface area contributed by atoms with Gasteiger partial charge in [-0.3, -0.25) is 14.3 Å². The van der Waals surface area contributed by atoms with Crippen LogP contribution >= 0.6 is 0 Å². The summed E-state index contributed by atoms with van der Waals surface area (Å²) < 4.78 is 6.84. The highest BCUT2D eigenvalue weighted by Crippen LogP contribution is 2.31. The Morgan fingerprint density at radius 1 is 0.974 bits per heavy atom. The normalized spacial score (nSPS) is 13.8. The van der Waals surface area contributed by atoms with Gasteiger partial charge in [0.1, 0.15) is 0 Å². The van der Waals surface area contributed by atoms with Crippen LogP contribution in [0.1, 0.15) is 50.6 Å². The standard InChI is InChI=1S/C31H32N4O4/c1-20-4-5-25(16-27(20)33-30(37)24-10-11-29(39-3)28(36)17-24)31(38)35-14-12-23(13-15-35)21-6-8-22(9-7-21)26-18-32-34(2)19-26/h4-11,16-19,23,36H,12-15H2,1-3H3,(H,33,37). The maximum absolute atomic E-state index is 13.3. The number of aromatic nitrogens is 2. The number of benzene rings is 3. The summed E-state index contributed by atoms with van der Waals surface area (Å²) in [6.07, 6.45) is 5.67. The van der Waals surface area contributed by atoms with E-state index in [1.54, 1.807) is 22.9 Å². The number of hydrogen-bond donors (Lipinski definition) is 2. The molecule has 8 heteroatoms. The monoisotopic (exact) mass is 524 g/mol. The number of phenolic OH excluding ortho intramolecular Hbond substituents is 1. The van der Waals surface area contributed by atoms with Gasteiger partial charge < -0.3 is 20.1 Å². The summed E-state index contributed by atoms with van der Waals surface area (Å²) in [7, 11) is 3.36. The molecule has 2 heterocycles. The molecule has 2 N–H and O–H groups in total. The molecule has 1 aromatic heterocycles. The van der Waals surface area contributed by atoms with E-state index in [1.807, 2.05) is 37.3 Å². The molecule has 0 radical (unpaired) electrons. The fourth-order valence-electron chi connectivity index (χ4n) is 5.03. The first-order valence-corrected chi connectivity index (χ1v) is 13.0. The van der Waals surface area contributed by atoms with E-state index in [1.165, 1.54) is 24.8 Å². The Kier molecular flexibility index (Phi) is 7.36. The number of anilines is 1. The minimum Gasteiger partial charge on any atom is -0.504 e. The predicted molar refractivity (Wildman–Crippen MR) is 150 cm³/mol. The average Bonchev–Trinajstić information content (AvgIpc) is 3.40. The van der Waals surface area contributed by atoms with Crippen molar-refractivity contribution in [1.29, 1.82) is 0 Å². The molecule has 200 valence electrons. The van der Waals surface area contributed by atoms with E-state index in [0.29, 0.717) is 41.6 Å². The lowest BCUT2D eigenvalue weighted by Crippen LogP contribution is -2.38. The van der Waals surface area contributed by atoms with Crippen molar-refractivity contribution in [2.24, 2.45) is 7.05 Å². The molecule has 1 aliphatic heterocycles. The number of aromatic hydroxyl groups is 1. The molecule has 1 fully saturated rings. The highest BCUT2D eigenvalue weighted by Gasteiger charge is 2.25. The molecule has 5 rings (SSSR count). The number of nitrogens with zero attached hydrogens (tertiary/aromatic N) is 3. The van der Waals surface area contributed by atoms with Gasteiger partial charge in [-0.25, -0.2) is 0 Å². The van der Waals surface area contributed by atoms with Gasteiger partial charge in [0.25, 0.3) is 11.8 Å². The number of hydrogen-bond acceptors (Lipinski definition) is 5. The first-order chi connectivity index (χ1) is 18.8. The maximum atomic E-state index is 13.3. The summed E-state index contributed by atoms with van der Waals surface area (Å²) in [5, 5.41) is 17.1. The second-order valence-electron chi connectivity index (χ2n) is 9.96. The average molecular weight is 525 g/mol. The highest BCUT2D eigenvalue weighted by atomic mass is 16.5. The molecule has 39 heavy (non-hydrogen) atoms. The number of ether oxygens (including phenoxy) is 1. The Hall–Kier alpha value is -4.59. The first-order valence-electron chi connectivity index (χ1n) is 13.0. The second kappa shape index (κ2) is 11.0. The fraction of sp³-hybridized carbons (Fsp3) is 0.258. The summed E-state index contributed by atoms with van der Waals surface area (Å²) >= 11 is 0. The number of phenols is 1. The van der Waals surface area contributed by atoms with E-state index in [0.717, 1.165) is 29.5 Å². The van der Waals surface area contributed by atoms with Crippen LogP contribution in [0, 0.1) is 6.92 Å². The van der Waals surface area contributed by atoms with E-state index in [9.17, 15) is 14.7 Å². The van der Waals surface area contributed by atoms with Crippen molar-refractivity contribution >= 4 is 17.5 Å². The van der Waals surface area contributed by atoms with E-state index in [-0.39, 0.29) is 17.6 Å². The molecule has 1 aliphatic rings. The Balaban J connectivity index is 1.22. The number of methoxy groups -OCH3 is 1. The predicted octanol–water partition coefficient (Wildman–Crippen LogP) is 5.38. The van der Waals surface area contributed by atoms with Crippen LogP contribution in [0.3, 0.4) is 0 Å². The Morgan fingerprint density at radius 3 is 2.33 bits per heavy atom. The zero-order chi connectivity index (χ0) is 27.5. The summed E-state index contributed by atoms with van der Waals surface area (Å²) in [6, 6.07) is 18.5. The minimum atomic E-state index is -0.379. The Labute approximate surface area is 227 Å². The van der Waals surface area contributed by atoms with Gasteiger partial charge in [0.15, 0.2) is 11.5 Å². The van der Waals surface area contributed by atoms with Gasteiger partial charge in [0.2, 0.25) is 0 Å². The van der Waals surface area contributed by atoms with Crippen LogP contribution in [0.5, 0.6) is 11.5 Å². The SMILES string of the molecule is COc1ccc(C(=O)Nc2cc(C(=O)N3CCC(c4ccc(-c5cnn(C)c5)cc4)CC3)ccc2C)cc1O. The van der Waals surface area contributed by atoms with Crippen molar-refractivity contribution in [3.8, 4) is 22.6 Å². The topological polar surface area (TPSA) is 96.7 Å². The molecule has 0 unspecified atom stereocenters. The van der Waals surface area contributed by atoms with Crippen LogP contribution in [0.15, 0.2) is 73.1 Å². The van der Waals surface area contributed by atoms with E-state index in [2.05, 4.69) is 34.7 Å². The van der Waals surface area contributed by atoms with Crippen LogP contribution in [-0.2, 0) is 7.05 Å². The van der Waals surface area contributed by atoms with Crippen molar-refractivity contribution in [1.82, 2.24) is 14.7 Å². The molecular weight excluding hydrogens is 492 g/mol.